The molecule has 0 amide bonds. The molecule has 2 nitrogen and oxygen atoms in total. The summed E-state index contributed by atoms with van der Waals surface area (Å²) < 4.78 is 6.89. The number of para-hydroxylation sites is 1. The van der Waals surface area contributed by atoms with Crippen LogP contribution in [-0.4, -0.2) is 13.2 Å². The molecule has 0 aromatic heterocycles. The lowest BCUT2D eigenvalue weighted by Gasteiger charge is -2.22. The SMILES string of the molecule is CNC(c1cc(Cl)cc(Br)c1)c1ccccc1OC(C)C. The van der Waals surface area contributed by atoms with Gasteiger partial charge in [-0.25, -0.2) is 0 Å². The highest BCUT2D eigenvalue weighted by Gasteiger charge is 2.18. The van der Waals surface area contributed by atoms with Crippen LogP contribution in [0.4, 0.5) is 0 Å². The van der Waals surface area contributed by atoms with E-state index in [-0.39, 0.29) is 12.1 Å². The molecule has 0 heterocycles. The number of rotatable bonds is 5. The van der Waals surface area contributed by atoms with Gasteiger partial charge in [0.15, 0.2) is 0 Å². The second-order valence-electron chi connectivity index (χ2n) is 5.13. The Morgan fingerprint density at radius 3 is 2.48 bits per heavy atom. The molecule has 1 unspecified atom stereocenters. The fourth-order valence-electron chi connectivity index (χ4n) is 2.32. The third kappa shape index (κ3) is 4.22. The smallest absolute Gasteiger partial charge is 0.124 e. The van der Waals surface area contributed by atoms with Crippen molar-refractivity contribution in [2.24, 2.45) is 0 Å². The Morgan fingerprint density at radius 2 is 1.86 bits per heavy atom. The second-order valence-corrected chi connectivity index (χ2v) is 6.48. The van der Waals surface area contributed by atoms with Crippen molar-refractivity contribution in [3.05, 3.63) is 63.1 Å². The first-order valence-electron chi connectivity index (χ1n) is 6.90. The maximum absolute atomic E-state index is 6.17. The van der Waals surface area contributed by atoms with Crippen LogP contribution in [0.5, 0.6) is 5.75 Å². The summed E-state index contributed by atoms with van der Waals surface area (Å²) in [6.45, 7) is 4.06. The minimum atomic E-state index is 0.0231. The Morgan fingerprint density at radius 1 is 1.14 bits per heavy atom. The topological polar surface area (TPSA) is 21.3 Å². The molecule has 4 heteroatoms. The van der Waals surface area contributed by atoms with Crippen molar-refractivity contribution in [1.29, 1.82) is 0 Å². The maximum Gasteiger partial charge on any atom is 0.124 e. The fourth-order valence-corrected chi connectivity index (χ4v) is 3.21. The molecule has 1 N–H and O–H groups in total. The molecular formula is C17H19BrClNO. The molecule has 0 saturated carbocycles. The quantitative estimate of drug-likeness (QED) is 0.783. The Kier molecular flexibility index (Phi) is 5.68. The predicted octanol–water partition coefficient (Wildman–Crippen LogP) is 5.20. The molecule has 1 atom stereocenters. The van der Waals surface area contributed by atoms with E-state index in [4.69, 9.17) is 16.3 Å². The lowest BCUT2D eigenvalue weighted by atomic mass is 9.98. The van der Waals surface area contributed by atoms with Crippen molar-refractivity contribution < 1.29 is 4.74 Å². The van der Waals surface area contributed by atoms with Crippen LogP contribution in [0.25, 0.3) is 0 Å². The number of hydrogen-bond acceptors (Lipinski definition) is 2. The number of ether oxygens (including phenoxy) is 1. The minimum Gasteiger partial charge on any atom is -0.491 e. The highest BCUT2D eigenvalue weighted by atomic mass is 79.9. The fraction of sp³-hybridized carbons (Fsp3) is 0.294. The zero-order valence-electron chi connectivity index (χ0n) is 12.4. The van der Waals surface area contributed by atoms with Crippen molar-refractivity contribution in [2.45, 2.75) is 26.0 Å². The summed E-state index contributed by atoms with van der Waals surface area (Å²) in [6, 6.07) is 14.0. The van der Waals surface area contributed by atoms with Gasteiger partial charge in [0.05, 0.1) is 12.1 Å². The number of hydrogen-bond donors (Lipinski definition) is 1. The molecule has 0 spiro atoms. The van der Waals surface area contributed by atoms with Crippen LogP contribution >= 0.6 is 27.5 Å². The predicted molar refractivity (Wildman–Crippen MR) is 92.3 cm³/mol. The van der Waals surface area contributed by atoms with Gasteiger partial charge in [0.1, 0.15) is 5.75 Å². The molecule has 0 radical (unpaired) electrons. The number of nitrogens with one attached hydrogen (secondary N) is 1. The minimum absolute atomic E-state index is 0.0231. The van der Waals surface area contributed by atoms with Crippen molar-refractivity contribution in [2.75, 3.05) is 7.05 Å². The summed E-state index contributed by atoms with van der Waals surface area (Å²) in [5.74, 6) is 0.892. The molecule has 0 aliphatic rings. The van der Waals surface area contributed by atoms with Gasteiger partial charge in [-0.3, -0.25) is 0 Å². The van der Waals surface area contributed by atoms with Crippen LogP contribution in [0.3, 0.4) is 0 Å². The first-order chi connectivity index (χ1) is 10.0. The van der Waals surface area contributed by atoms with E-state index in [1.807, 2.05) is 51.2 Å². The van der Waals surface area contributed by atoms with Gasteiger partial charge in [0.2, 0.25) is 0 Å². The van der Waals surface area contributed by atoms with E-state index in [0.29, 0.717) is 5.02 Å². The van der Waals surface area contributed by atoms with E-state index in [1.54, 1.807) is 0 Å². The van der Waals surface area contributed by atoms with Crippen LogP contribution in [0.15, 0.2) is 46.9 Å². The first-order valence-corrected chi connectivity index (χ1v) is 8.07. The van der Waals surface area contributed by atoms with Crippen molar-refractivity contribution in [3.8, 4) is 5.75 Å². The van der Waals surface area contributed by atoms with Crippen molar-refractivity contribution >= 4 is 27.5 Å². The Labute approximate surface area is 139 Å². The summed E-state index contributed by atoms with van der Waals surface area (Å²) in [5, 5.41) is 4.05. The van der Waals surface area contributed by atoms with Crippen LogP contribution in [-0.2, 0) is 0 Å². The van der Waals surface area contributed by atoms with Gasteiger partial charge in [-0.05, 0) is 50.7 Å². The van der Waals surface area contributed by atoms with Crippen LogP contribution in [0.1, 0.15) is 31.0 Å². The van der Waals surface area contributed by atoms with Gasteiger partial charge >= 0.3 is 0 Å². The Bertz CT molecular complexity index is 595. The summed E-state index contributed by atoms with van der Waals surface area (Å²) in [5.41, 5.74) is 2.19. The normalized spacial score (nSPS) is 12.5. The molecule has 112 valence electrons. The molecule has 0 bridgehead atoms. The van der Waals surface area contributed by atoms with Crippen molar-refractivity contribution in [3.63, 3.8) is 0 Å². The molecule has 2 aromatic carbocycles. The monoisotopic (exact) mass is 367 g/mol. The van der Waals surface area contributed by atoms with E-state index in [9.17, 15) is 0 Å². The molecule has 0 aliphatic carbocycles. The average Bonchev–Trinajstić information content (AvgIpc) is 2.40. The standard InChI is InChI=1S/C17H19BrClNO/c1-11(2)21-16-7-5-4-6-15(16)17(20-3)12-8-13(18)10-14(19)9-12/h4-11,17,20H,1-3H3. The molecule has 0 fully saturated rings. The summed E-state index contributed by atoms with van der Waals surface area (Å²) in [7, 11) is 1.94. The van der Waals surface area contributed by atoms with Gasteiger partial charge in [-0.2, -0.15) is 0 Å². The van der Waals surface area contributed by atoms with Gasteiger partial charge in [-0.15, -0.1) is 0 Å². The van der Waals surface area contributed by atoms with Gasteiger partial charge < -0.3 is 10.1 Å². The molecule has 21 heavy (non-hydrogen) atoms. The summed E-state index contributed by atoms with van der Waals surface area (Å²) in [6.07, 6.45) is 0.134. The lowest BCUT2D eigenvalue weighted by molar-refractivity contribution is 0.238. The van der Waals surface area contributed by atoms with E-state index in [2.05, 4.69) is 33.4 Å². The highest BCUT2D eigenvalue weighted by molar-refractivity contribution is 9.10. The second kappa shape index (κ2) is 7.30. The van der Waals surface area contributed by atoms with Gasteiger partial charge in [0, 0.05) is 15.1 Å². The van der Waals surface area contributed by atoms with E-state index < -0.39 is 0 Å². The molecule has 0 saturated heterocycles. The highest BCUT2D eigenvalue weighted by Crippen LogP contribution is 2.33. The summed E-state index contributed by atoms with van der Waals surface area (Å²) >= 11 is 9.67. The number of benzene rings is 2. The Hall–Kier alpha value is -1.03. The molecular weight excluding hydrogens is 350 g/mol. The van der Waals surface area contributed by atoms with E-state index in [0.717, 1.165) is 21.3 Å². The largest absolute Gasteiger partial charge is 0.491 e. The van der Waals surface area contributed by atoms with Crippen LogP contribution < -0.4 is 10.1 Å². The van der Waals surface area contributed by atoms with E-state index in [1.165, 1.54) is 0 Å². The van der Waals surface area contributed by atoms with Gasteiger partial charge in [0.25, 0.3) is 0 Å². The number of halogens is 2. The van der Waals surface area contributed by atoms with Gasteiger partial charge in [-0.1, -0.05) is 45.7 Å². The maximum atomic E-state index is 6.17. The zero-order chi connectivity index (χ0) is 15.4. The van der Waals surface area contributed by atoms with Crippen LogP contribution in [0, 0.1) is 0 Å². The van der Waals surface area contributed by atoms with Crippen LogP contribution in [0.2, 0.25) is 5.02 Å². The van der Waals surface area contributed by atoms with Crippen molar-refractivity contribution in [1.82, 2.24) is 5.32 Å². The lowest BCUT2D eigenvalue weighted by Crippen LogP contribution is -2.19. The molecule has 2 rings (SSSR count). The van der Waals surface area contributed by atoms with E-state index >= 15 is 0 Å². The first kappa shape index (κ1) is 16.3. The third-order valence-corrected chi connectivity index (χ3v) is 3.78. The summed E-state index contributed by atoms with van der Waals surface area (Å²) in [4.78, 5) is 0. The molecule has 0 aliphatic heterocycles. The molecule has 2 aromatic rings. The zero-order valence-corrected chi connectivity index (χ0v) is 14.7. The third-order valence-electron chi connectivity index (χ3n) is 3.10. The average molecular weight is 369 g/mol. The Balaban J connectivity index is 2.46.